The van der Waals surface area contributed by atoms with Gasteiger partial charge in [-0.1, -0.05) is 30.3 Å². The molecule has 0 fully saturated rings. The molecule has 0 bridgehead atoms. The Morgan fingerprint density at radius 1 is 0.818 bits per heavy atom. The maximum atomic E-state index is 5.89. The Labute approximate surface area is 193 Å². The molecule has 33 heavy (non-hydrogen) atoms. The summed E-state index contributed by atoms with van der Waals surface area (Å²) in [6, 6.07) is 30.3. The van der Waals surface area contributed by atoms with Crippen molar-refractivity contribution in [2.75, 3.05) is 11.9 Å². The number of hydrogen-bond acceptors (Lipinski definition) is 4. The van der Waals surface area contributed by atoms with E-state index in [0.29, 0.717) is 13.2 Å². The van der Waals surface area contributed by atoms with E-state index in [0.717, 1.165) is 50.7 Å². The quantitative estimate of drug-likeness (QED) is 0.277. The minimum Gasteiger partial charge on any atom is -0.494 e. The van der Waals surface area contributed by atoms with Gasteiger partial charge in [0.05, 0.1) is 12.3 Å². The molecule has 0 atom stereocenters. The van der Waals surface area contributed by atoms with E-state index in [4.69, 9.17) is 9.47 Å². The number of nitrogens with one attached hydrogen (secondary N) is 2. The monoisotopic (exact) mass is 435 g/mol. The third kappa shape index (κ3) is 4.83. The van der Waals surface area contributed by atoms with Gasteiger partial charge in [0, 0.05) is 23.0 Å². The van der Waals surface area contributed by atoms with Crippen molar-refractivity contribution in [3.63, 3.8) is 0 Å². The van der Waals surface area contributed by atoms with E-state index in [-0.39, 0.29) is 0 Å². The zero-order chi connectivity index (χ0) is 22.5. The molecule has 3 aromatic carbocycles. The van der Waals surface area contributed by atoms with Crippen molar-refractivity contribution in [2.45, 2.75) is 13.5 Å². The van der Waals surface area contributed by atoms with Gasteiger partial charge in [-0.2, -0.15) is 0 Å². The Hall–Kier alpha value is -4.25. The predicted octanol–water partition coefficient (Wildman–Crippen LogP) is 6.95. The highest BCUT2D eigenvalue weighted by Crippen LogP contribution is 2.31. The number of aromatic amines is 1. The van der Waals surface area contributed by atoms with E-state index in [1.807, 2.05) is 67.6 Å². The first-order valence-electron chi connectivity index (χ1n) is 11.0. The predicted molar refractivity (Wildman–Crippen MR) is 133 cm³/mol. The van der Waals surface area contributed by atoms with Crippen LogP contribution in [0.5, 0.6) is 11.5 Å². The lowest BCUT2D eigenvalue weighted by Crippen LogP contribution is -1.95. The maximum Gasteiger partial charge on any atom is 0.139 e. The lowest BCUT2D eigenvalue weighted by molar-refractivity contribution is 0.306. The van der Waals surface area contributed by atoms with Gasteiger partial charge in [-0.15, -0.1) is 0 Å². The molecule has 0 saturated carbocycles. The lowest BCUT2D eigenvalue weighted by Gasteiger charge is -2.10. The molecule has 0 saturated heterocycles. The largest absolute Gasteiger partial charge is 0.494 e. The van der Waals surface area contributed by atoms with Crippen LogP contribution < -0.4 is 14.8 Å². The number of rotatable bonds is 8. The highest BCUT2D eigenvalue weighted by molar-refractivity contribution is 5.94. The van der Waals surface area contributed by atoms with E-state index >= 15 is 0 Å². The van der Waals surface area contributed by atoms with Crippen molar-refractivity contribution in [3.8, 4) is 22.8 Å². The van der Waals surface area contributed by atoms with Crippen molar-refractivity contribution >= 4 is 22.4 Å². The fourth-order valence-electron chi connectivity index (χ4n) is 3.72. The molecule has 0 unspecified atom stereocenters. The fraction of sp³-hybridized carbons (Fsp3) is 0.107. The number of benzene rings is 3. The van der Waals surface area contributed by atoms with Crippen molar-refractivity contribution in [1.29, 1.82) is 0 Å². The maximum absolute atomic E-state index is 5.89. The van der Waals surface area contributed by atoms with E-state index in [1.54, 1.807) is 6.20 Å². The number of anilines is 2. The van der Waals surface area contributed by atoms with Crippen LogP contribution in [0, 0.1) is 0 Å². The Kier molecular flexibility index (Phi) is 5.93. The van der Waals surface area contributed by atoms with Gasteiger partial charge in [-0.05, 0) is 78.7 Å². The van der Waals surface area contributed by atoms with Crippen molar-refractivity contribution in [2.24, 2.45) is 0 Å². The van der Waals surface area contributed by atoms with Crippen LogP contribution in [0.25, 0.3) is 22.3 Å². The van der Waals surface area contributed by atoms with Gasteiger partial charge in [0.1, 0.15) is 23.8 Å². The highest BCUT2D eigenvalue weighted by atomic mass is 16.5. The van der Waals surface area contributed by atoms with Crippen LogP contribution in [0.3, 0.4) is 0 Å². The number of hydrogen-bond donors (Lipinski definition) is 2. The lowest BCUT2D eigenvalue weighted by atomic mass is 10.1. The third-order valence-electron chi connectivity index (χ3n) is 5.39. The van der Waals surface area contributed by atoms with Crippen LogP contribution >= 0.6 is 0 Å². The summed E-state index contributed by atoms with van der Waals surface area (Å²) in [6.45, 7) is 3.19. The summed E-state index contributed by atoms with van der Waals surface area (Å²) in [5, 5.41) is 4.54. The third-order valence-corrected chi connectivity index (χ3v) is 5.39. The fourth-order valence-corrected chi connectivity index (χ4v) is 3.72. The minimum absolute atomic E-state index is 0.552. The SMILES string of the molecule is CCOc1ccc(-c2cc3c(Nc4ccc(OCc5ccccc5)cc4)ccnc3[nH]2)cc1. The van der Waals surface area contributed by atoms with Crippen molar-refractivity contribution < 1.29 is 9.47 Å². The molecule has 5 aromatic rings. The van der Waals surface area contributed by atoms with Crippen molar-refractivity contribution in [3.05, 3.63) is 103 Å². The number of fused-ring (bicyclic) bond motifs is 1. The van der Waals surface area contributed by atoms with Gasteiger partial charge in [-0.25, -0.2) is 4.98 Å². The van der Waals surface area contributed by atoms with Crippen LogP contribution in [0.4, 0.5) is 11.4 Å². The topological polar surface area (TPSA) is 59.2 Å². The van der Waals surface area contributed by atoms with Gasteiger partial charge in [-0.3, -0.25) is 0 Å². The number of pyridine rings is 1. The number of nitrogens with zero attached hydrogens (tertiary/aromatic N) is 1. The summed E-state index contributed by atoms with van der Waals surface area (Å²) in [5.41, 5.74) is 6.06. The highest BCUT2D eigenvalue weighted by Gasteiger charge is 2.09. The van der Waals surface area contributed by atoms with Crippen LogP contribution in [-0.4, -0.2) is 16.6 Å². The molecule has 0 amide bonds. The molecule has 0 aliphatic heterocycles. The molecule has 5 heteroatoms. The van der Waals surface area contributed by atoms with Gasteiger partial charge in [0.2, 0.25) is 0 Å². The van der Waals surface area contributed by atoms with E-state index in [9.17, 15) is 0 Å². The van der Waals surface area contributed by atoms with E-state index in [2.05, 4.69) is 45.6 Å². The second kappa shape index (κ2) is 9.49. The summed E-state index contributed by atoms with van der Waals surface area (Å²) in [6.07, 6.45) is 1.81. The summed E-state index contributed by atoms with van der Waals surface area (Å²) in [5.74, 6) is 1.71. The number of H-pyrrole nitrogens is 1. The summed E-state index contributed by atoms with van der Waals surface area (Å²) in [4.78, 5) is 7.92. The Balaban J connectivity index is 1.31. The zero-order valence-electron chi connectivity index (χ0n) is 18.4. The first-order valence-corrected chi connectivity index (χ1v) is 11.0. The second-order valence-electron chi connectivity index (χ2n) is 7.68. The smallest absolute Gasteiger partial charge is 0.139 e. The Morgan fingerprint density at radius 2 is 1.55 bits per heavy atom. The second-order valence-corrected chi connectivity index (χ2v) is 7.68. The molecule has 2 N–H and O–H groups in total. The number of aromatic nitrogens is 2. The summed E-state index contributed by atoms with van der Waals surface area (Å²) in [7, 11) is 0. The molecule has 0 aliphatic carbocycles. The summed E-state index contributed by atoms with van der Waals surface area (Å²) >= 11 is 0. The molecule has 5 nitrogen and oxygen atoms in total. The van der Waals surface area contributed by atoms with Crippen LogP contribution in [0.15, 0.2) is 97.2 Å². The van der Waals surface area contributed by atoms with Gasteiger partial charge >= 0.3 is 0 Å². The molecule has 0 aliphatic rings. The average molecular weight is 436 g/mol. The molecular formula is C28H25N3O2. The molecule has 2 aromatic heterocycles. The Bertz CT molecular complexity index is 1330. The van der Waals surface area contributed by atoms with Crippen LogP contribution in [0.2, 0.25) is 0 Å². The molecule has 0 spiro atoms. The van der Waals surface area contributed by atoms with Crippen LogP contribution in [-0.2, 0) is 6.61 Å². The number of ether oxygens (including phenoxy) is 2. The first-order chi connectivity index (χ1) is 16.3. The van der Waals surface area contributed by atoms with Gasteiger partial charge in [0.15, 0.2) is 0 Å². The minimum atomic E-state index is 0.552. The molecule has 2 heterocycles. The molecular weight excluding hydrogens is 410 g/mol. The zero-order valence-corrected chi connectivity index (χ0v) is 18.4. The summed E-state index contributed by atoms with van der Waals surface area (Å²) < 4.78 is 11.4. The van der Waals surface area contributed by atoms with Gasteiger partial charge < -0.3 is 19.8 Å². The van der Waals surface area contributed by atoms with Crippen LogP contribution in [0.1, 0.15) is 12.5 Å². The van der Waals surface area contributed by atoms with E-state index in [1.165, 1.54) is 0 Å². The normalized spacial score (nSPS) is 10.8. The average Bonchev–Trinajstić information content (AvgIpc) is 3.30. The van der Waals surface area contributed by atoms with Gasteiger partial charge in [0.25, 0.3) is 0 Å². The Morgan fingerprint density at radius 3 is 2.30 bits per heavy atom. The molecule has 0 radical (unpaired) electrons. The first kappa shape index (κ1) is 20.6. The molecule has 164 valence electrons. The van der Waals surface area contributed by atoms with E-state index < -0.39 is 0 Å². The van der Waals surface area contributed by atoms with Crippen molar-refractivity contribution in [1.82, 2.24) is 9.97 Å². The molecule has 5 rings (SSSR count). The standard InChI is InChI=1S/C28H25N3O2/c1-2-32-23-12-8-21(9-13-23)27-18-25-26(16-17-29-28(25)31-27)30-22-10-14-24(15-11-22)33-19-20-6-4-3-5-7-20/h3-18H,2,19H2,1H3,(H2,29,30,31).